The molecular formula is C24H22F2N6O. The van der Waals surface area contributed by atoms with Crippen LogP contribution in [0.3, 0.4) is 0 Å². The van der Waals surface area contributed by atoms with Crippen molar-refractivity contribution < 1.29 is 13.6 Å². The summed E-state index contributed by atoms with van der Waals surface area (Å²) in [7, 11) is 0. The number of aryl methyl sites for hydroxylation is 1. The lowest BCUT2D eigenvalue weighted by Gasteiger charge is -2.29. The molecule has 7 nitrogen and oxygen atoms in total. The molecule has 3 aromatic rings. The second-order valence-corrected chi connectivity index (χ2v) is 7.74. The first kappa shape index (κ1) is 22.3. The SMILES string of the molecule is Cc1ccc(C(F)(F)NC(=O)c2ccncc2)cc1-c1cnc(N2CCNCC2)c(C#N)c1. The fourth-order valence-corrected chi connectivity index (χ4v) is 3.73. The molecule has 1 aliphatic heterocycles. The number of rotatable bonds is 5. The zero-order valence-electron chi connectivity index (χ0n) is 18.0. The molecule has 3 heterocycles. The summed E-state index contributed by atoms with van der Waals surface area (Å²) in [6.45, 7) is 4.87. The predicted octanol–water partition coefficient (Wildman–Crippen LogP) is 3.21. The number of piperazine rings is 1. The van der Waals surface area contributed by atoms with E-state index in [-0.39, 0.29) is 11.1 Å². The van der Waals surface area contributed by atoms with Gasteiger partial charge in [-0.3, -0.25) is 15.1 Å². The van der Waals surface area contributed by atoms with E-state index in [0.29, 0.717) is 22.5 Å². The monoisotopic (exact) mass is 448 g/mol. The van der Waals surface area contributed by atoms with Crippen LogP contribution in [0.2, 0.25) is 0 Å². The second-order valence-electron chi connectivity index (χ2n) is 7.74. The number of benzene rings is 1. The number of pyridine rings is 2. The molecule has 0 aliphatic carbocycles. The van der Waals surface area contributed by atoms with Crippen molar-refractivity contribution in [3.63, 3.8) is 0 Å². The lowest BCUT2D eigenvalue weighted by molar-refractivity contribution is -0.0333. The number of hydrogen-bond acceptors (Lipinski definition) is 6. The number of halogens is 2. The Labute approximate surface area is 190 Å². The Kier molecular flexibility index (Phi) is 6.29. The van der Waals surface area contributed by atoms with Gasteiger partial charge >= 0.3 is 6.05 Å². The number of amides is 1. The highest BCUT2D eigenvalue weighted by Crippen LogP contribution is 2.33. The summed E-state index contributed by atoms with van der Waals surface area (Å²) in [4.78, 5) is 22.6. The molecule has 0 spiro atoms. The lowest BCUT2D eigenvalue weighted by atomic mass is 9.97. The Balaban J connectivity index is 1.64. The highest BCUT2D eigenvalue weighted by atomic mass is 19.3. The average molecular weight is 448 g/mol. The maximum atomic E-state index is 14.9. The molecule has 9 heteroatoms. The normalized spacial score (nSPS) is 13.9. The minimum Gasteiger partial charge on any atom is -0.353 e. The first-order chi connectivity index (χ1) is 15.9. The number of nitrogens with one attached hydrogen (secondary N) is 2. The maximum Gasteiger partial charge on any atom is 0.352 e. The first-order valence-corrected chi connectivity index (χ1v) is 10.5. The molecule has 0 atom stereocenters. The third-order valence-corrected chi connectivity index (χ3v) is 5.53. The molecule has 2 N–H and O–H groups in total. The maximum absolute atomic E-state index is 14.9. The summed E-state index contributed by atoms with van der Waals surface area (Å²) in [6.07, 6.45) is 4.32. The van der Waals surface area contributed by atoms with E-state index in [2.05, 4.69) is 21.4 Å². The molecule has 0 radical (unpaired) electrons. The van der Waals surface area contributed by atoms with Crippen LogP contribution in [-0.4, -0.2) is 42.1 Å². The van der Waals surface area contributed by atoms with Crippen LogP contribution in [0.4, 0.5) is 14.6 Å². The average Bonchev–Trinajstić information content (AvgIpc) is 2.84. The quantitative estimate of drug-likeness (QED) is 0.582. The van der Waals surface area contributed by atoms with Gasteiger partial charge in [0.1, 0.15) is 11.9 Å². The molecule has 1 fully saturated rings. The van der Waals surface area contributed by atoms with Crippen molar-refractivity contribution in [1.29, 1.82) is 5.26 Å². The number of aromatic nitrogens is 2. The van der Waals surface area contributed by atoms with Gasteiger partial charge in [-0.05, 0) is 42.3 Å². The summed E-state index contributed by atoms with van der Waals surface area (Å²) in [5, 5.41) is 14.7. The van der Waals surface area contributed by atoms with Gasteiger partial charge in [-0.25, -0.2) is 4.98 Å². The minimum absolute atomic E-state index is 0.0865. The highest BCUT2D eigenvalue weighted by molar-refractivity contribution is 5.94. The number of carbonyl (C=O) groups is 1. The third kappa shape index (κ3) is 4.81. The van der Waals surface area contributed by atoms with Crippen LogP contribution in [-0.2, 0) is 6.05 Å². The highest BCUT2D eigenvalue weighted by Gasteiger charge is 2.34. The Bertz CT molecular complexity index is 1200. The van der Waals surface area contributed by atoms with Crippen LogP contribution < -0.4 is 15.5 Å². The number of hydrogen-bond donors (Lipinski definition) is 2. The van der Waals surface area contributed by atoms with E-state index >= 15 is 0 Å². The molecule has 0 saturated carbocycles. The second kappa shape index (κ2) is 9.30. The van der Waals surface area contributed by atoms with Crippen LogP contribution >= 0.6 is 0 Å². The largest absolute Gasteiger partial charge is 0.353 e. The minimum atomic E-state index is -3.60. The third-order valence-electron chi connectivity index (χ3n) is 5.53. The van der Waals surface area contributed by atoms with E-state index in [1.165, 1.54) is 36.7 Å². The number of anilines is 1. The summed E-state index contributed by atoms with van der Waals surface area (Å²) in [5.41, 5.74) is 1.92. The van der Waals surface area contributed by atoms with Crippen molar-refractivity contribution in [1.82, 2.24) is 20.6 Å². The number of alkyl halides is 2. The van der Waals surface area contributed by atoms with Crippen LogP contribution in [0.15, 0.2) is 55.0 Å². The van der Waals surface area contributed by atoms with Crippen LogP contribution in [0.25, 0.3) is 11.1 Å². The smallest absolute Gasteiger partial charge is 0.352 e. The van der Waals surface area contributed by atoms with Crippen LogP contribution in [0, 0.1) is 18.3 Å². The van der Waals surface area contributed by atoms with E-state index in [0.717, 1.165) is 31.7 Å². The Morgan fingerprint density at radius 3 is 2.61 bits per heavy atom. The Morgan fingerprint density at radius 1 is 1.18 bits per heavy atom. The van der Waals surface area contributed by atoms with Gasteiger partial charge in [0.2, 0.25) is 0 Å². The van der Waals surface area contributed by atoms with Crippen molar-refractivity contribution in [2.24, 2.45) is 0 Å². The Morgan fingerprint density at radius 2 is 1.91 bits per heavy atom. The van der Waals surface area contributed by atoms with E-state index in [1.54, 1.807) is 30.6 Å². The van der Waals surface area contributed by atoms with Crippen molar-refractivity contribution in [2.45, 2.75) is 13.0 Å². The van der Waals surface area contributed by atoms with Crippen molar-refractivity contribution >= 4 is 11.7 Å². The van der Waals surface area contributed by atoms with Crippen molar-refractivity contribution in [2.75, 3.05) is 31.1 Å². The summed E-state index contributed by atoms with van der Waals surface area (Å²) >= 11 is 0. The molecule has 1 aliphatic rings. The van der Waals surface area contributed by atoms with E-state index in [9.17, 15) is 18.8 Å². The fraction of sp³-hybridized carbons (Fsp3) is 0.250. The summed E-state index contributed by atoms with van der Waals surface area (Å²) in [6, 6.07) is 7.13. The van der Waals surface area contributed by atoms with Gasteiger partial charge < -0.3 is 10.2 Å². The molecule has 4 rings (SSSR count). The molecule has 0 unspecified atom stereocenters. The van der Waals surface area contributed by atoms with Crippen molar-refractivity contribution in [3.8, 4) is 17.2 Å². The molecule has 1 aromatic carbocycles. The number of nitrogens with zero attached hydrogens (tertiary/aromatic N) is 4. The molecule has 1 amide bonds. The molecule has 33 heavy (non-hydrogen) atoms. The van der Waals surface area contributed by atoms with Crippen molar-refractivity contribution in [3.05, 3.63) is 77.2 Å². The summed E-state index contributed by atoms with van der Waals surface area (Å²) < 4.78 is 29.9. The zero-order valence-corrected chi connectivity index (χ0v) is 18.0. The van der Waals surface area contributed by atoms with Gasteiger partial charge in [0.05, 0.1) is 5.56 Å². The van der Waals surface area contributed by atoms with Gasteiger partial charge in [0.15, 0.2) is 0 Å². The molecule has 1 saturated heterocycles. The van der Waals surface area contributed by atoms with Gasteiger partial charge in [-0.1, -0.05) is 12.1 Å². The summed E-state index contributed by atoms with van der Waals surface area (Å²) in [5.74, 6) is -0.315. The Hall–Kier alpha value is -3.90. The number of carbonyl (C=O) groups excluding carboxylic acids is 1. The standard InChI is InChI=1S/C24H22F2N6O/c1-16-2-3-20(24(25,26)31-23(33)17-4-6-28-7-5-17)13-21(16)19-12-18(14-27)22(30-15-19)32-10-8-29-9-11-32/h2-7,12-13,15,29H,8-11H2,1H3,(H,31,33). The van der Waals surface area contributed by atoms with Crippen LogP contribution in [0.1, 0.15) is 27.0 Å². The van der Waals surface area contributed by atoms with E-state index in [4.69, 9.17) is 0 Å². The first-order valence-electron chi connectivity index (χ1n) is 10.5. The molecule has 0 bridgehead atoms. The molecule has 2 aromatic heterocycles. The van der Waals surface area contributed by atoms with Gasteiger partial charge in [-0.2, -0.15) is 14.0 Å². The van der Waals surface area contributed by atoms with E-state index < -0.39 is 12.0 Å². The zero-order chi connectivity index (χ0) is 23.4. The predicted molar refractivity (Wildman–Crippen MR) is 120 cm³/mol. The lowest BCUT2D eigenvalue weighted by Crippen LogP contribution is -2.44. The van der Waals surface area contributed by atoms with Gasteiger partial charge in [0, 0.05) is 61.5 Å². The molecule has 168 valence electrons. The molecular weight excluding hydrogens is 426 g/mol. The van der Waals surface area contributed by atoms with Gasteiger partial charge in [-0.15, -0.1) is 0 Å². The van der Waals surface area contributed by atoms with E-state index in [1.807, 2.05) is 4.90 Å². The van der Waals surface area contributed by atoms with Gasteiger partial charge in [0.25, 0.3) is 5.91 Å². The topological polar surface area (TPSA) is 93.9 Å². The van der Waals surface area contributed by atoms with Crippen LogP contribution in [0.5, 0.6) is 0 Å². The fourth-order valence-electron chi connectivity index (χ4n) is 3.73. The number of nitriles is 1.